The summed E-state index contributed by atoms with van der Waals surface area (Å²) < 4.78 is 1.96. The fourth-order valence-electron chi connectivity index (χ4n) is 1.80. The normalized spacial score (nSPS) is 18.6. The van der Waals surface area contributed by atoms with Crippen molar-refractivity contribution in [3.8, 4) is 0 Å². The lowest BCUT2D eigenvalue weighted by Crippen LogP contribution is -2.22. The molecule has 1 aromatic rings. The Balaban J connectivity index is 2.05. The SMILES string of the molecule is Cc1c(CCC2(N)CC2)nn(C)c1C. The molecule has 0 saturated heterocycles. The highest BCUT2D eigenvalue weighted by atomic mass is 15.3. The molecule has 0 aromatic carbocycles. The average molecular weight is 193 g/mol. The van der Waals surface area contributed by atoms with Crippen LogP contribution >= 0.6 is 0 Å². The molecule has 2 N–H and O–H groups in total. The van der Waals surface area contributed by atoms with Gasteiger partial charge in [-0.2, -0.15) is 5.10 Å². The summed E-state index contributed by atoms with van der Waals surface area (Å²) in [5.41, 5.74) is 10.0. The predicted octanol–water partition coefficient (Wildman–Crippen LogP) is 1.46. The van der Waals surface area contributed by atoms with Gasteiger partial charge < -0.3 is 5.73 Å². The zero-order valence-electron chi connectivity index (χ0n) is 9.30. The Hall–Kier alpha value is -0.830. The van der Waals surface area contributed by atoms with Crippen LogP contribution in [-0.2, 0) is 13.5 Å². The molecule has 1 heterocycles. The van der Waals surface area contributed by atoms with Crippen LogP contribution in [0.3, 0.4) is 0 Å². The molecular weight excluding hydrogens is 174 g/mol. The lowest BCUT2D eigenvalue weighted by atomic mass is 10.1. The van der Waals surface area contributed by atoms with Crippen molar-refractivity contribution < 1.29 is 0 Å². The van der Waals surface area contributed by atoms with Crippen LogP contribution in [0, 0.1) is 13.8 Å². The van der Waals surface area contributed by atoms with E-state index in [1.165, 1.54) is 29.8 Å². The van der Waals surface area contributed by atoms with Gasteiger partial charge in [-0.15, -0.1) is 0 Å². The van der Waals surface area contributed by atoms with Crippen LogP contribution < -0.4 is 5.73 Å². The van der Waals surface area contributed by atoms with Gasteiger partial charge in [-0.1, -0.05) is 0 Å². The third-order valence-electron chi connectivity index (χ3n) is 3.48. The average Bonchev–Trinajstić information content (AvgIpc) is 2.83. The number of hydrogen-bond donors (Lipinski definition) is 1. The van der Waals surface area contributed by atoms with Gasteiger partial charge in [0.25, 0.3) is 0 Å². The Morgan fingerprint density at radius 3 is 2.50 bits per heavy atom. The van der Waals surface area contributed by atoms with Gasteiger partial charge in [0.15, 0.2) is 0 Å². The molecule has 0 radical (unpaired) electrons. The second kappa shape index (κ2) is 3.09. The Labute approximate surface area is 85.3 Å². The zero-order chi connectivity index (χ0) is 10.3. The van der Waals surface area contributed by atoms with Gasteiger partial charge in [0.1, 0.15) is 0 Å². The molecule has 1 fully saturated rings. The molecule has 1 aliphatic rings. The van der Waals surface area contributed by atoms with Crippen molar-refractivity contribution in [2.24, 2.45) is 12.8 Å². The smallest absolute Gasteiger partial charge is 0.0657 e. The Morgan fingerprint density at radius 1 is 1.43 bits per heavy atom. The van der Waals surface area contributed by atoms with Crippen LogP contribution in [0.25, 0.3) is 0 Å². The topological polar surface area (TPSA) is 43.8 Å². The molecule has 1 aliphatic carbocycles. The second-order valence-electron chi connectivity index (χ2n) is 4.64. The Kier molecular flexibility index (Phi) is 2.14. The summed E-state index contributed by atoms with van der Waals surface area (Å²) in [5.74, 6) is 0. The van der Waals surface area contributed by atoms with Crippen molar-refractivity contribution >= 4 is 0 Å². The van der Waals surface area contributed by atoms with Crippen molar-refractivity contribution in [2.45, 2.75) is 45.1 Å². The Bertz CT molecular complexity index is 348. The summed E-state index contributed by atoms with van der Waals surface area (Å²) in [6, 6.07) is 0. The maximum atomic E-state index is 6.05. The summed E-state index contributed by atoms with van der Waals surface area (Å²) in [6.07, 6.45) is 4.50. The van der Waals surface area contributed by atoms with E-state index in [1.807, 2.05) is 11.7 Å². The number of aromatic nitrogens is 2. The first-order chi connectivity index (χ1) is 6.52. The zero-order valence-corrected chi connectivity index (χ0v) is 9.30. The first kappa shape index (κ1) is 9.71. The lowest BCUT2D eigenvalue weighted by Gasteiger charge is -2.06. The second-order valence-corrected chi connectivity index (χ2v) is 4.64. The fraction of sp³-hybridized carbons (Fsp3) is 0.727. The Morgan fingerprint density at radius 2 is 2.07 bits per heavy atom. The minimum Gasteiger partial charge on any atom is -0.325 e. The third-order valence-corrected chi connectivity index (χ3v) is 3.48. The highest BCUT2D eigenvalue weighted by Crippen LogP contribution is 2.36. The summed E-state index contributed by atoms with van der Waals surface area (Å²) >= 11 is 0. The van der Waals surface area contributed by atoms with Crippen molar-refractivity contribution in [1.29, 1.82) is 0 Å². The maximum Gasteiger partial charge on any atom is 0.0657 e. The molecule has 0 spiro atoms. The third kappa shape index (κ3) is 1.69. The fourth-order valence-corrected chi connectivity index (χ4v) is 1.80. The van der Waals surface area contributed by atoms with Gasteiger partial charge in [0.2, 0.25) is 0 Å². The number of nitrogens with two attached hydrogens (primary N) is 1. The largest absolute Gasteiger partial charge is 0.325 e. The van der Waals surface area contributed by atoms with Gasteiger partial charge in [0.05, 0.1) is 5.69 Å². The molecule has 3 heteroatoms. The number of aryl methyl sites for hydroxylation is 2. The van der Waals surface area contributed by atoms with E-state index in [4.69, 9.17) is 5.73 Å². The van der Waals surface area contributed by atoms with E-state index in [2.05, 4.69) is 18.9 Å². The summed E-state index contributed by atoms with van der Waals surface area (Å²) in [6.45, 7) is 4.26. The van der Waals surface area contributed by atoms with Gasteiger partial charge in [-0.25, -0.2) is 0 Å². The first-order valence-corrected chi connectivity index (χ1v) is 5.30. The van der Waals surface area contributed by atoms with Crippen molar-refractivity contribution in [3.05, 3.63) is 17.0 Å². The minimum atomic E-state index is 0.151. The monoisotopic (exact) mass is 193 g/mol. The van der Waals surface area contributed by atoms with E-state index in [9.17, 15) is 0 Å². The van der Waals surface area contributed by atoms with E-state index < -0.39 is 0 Å². The van der Waals surface area contributed by atoms with Crippen LogP contribution in [0.5, 0.6) is 0 Å². The molecule has 0 aliphatic heterocycles. The van der Waals surface area contributed by atoms with E-state index in [0.717, 1.165) is 12.8 Å². The summed E-state index contributed by atoms with van der Waals surface area (Å²) in [7, 11) is 2.00. The molecule has 14 heavy (non-hydrogen) atoms. The van der Waals surface area contributed by atoms with E-state index in [1.54, 1.807) is 0 Å². The standard InChI is InChI=1S/C11H19N3/c1-8-9(2)14(3)13-10(8)4-5-11(12)6-7-11/h4-7,12H2,1-3H3. The quantitative estimate of drug-likeness (QED) is 0.789. The molecule has 3 nitrogen and oxygen atoms in total. The minimum absolute atomic E-state index is 0.151. The van der Waals surface area contributed by atoms with Crippen LogP contribution in [0.1, 0.15) is 36.2 Å². The molecule has 0 bridgehead atoms. The highest BCUT2D eigenvalue weighted by molar-refractivity contribution is 5.24. The van der Waals surface area contributed by atoms with E-state index >= 15 is 0 Å². The number of rotatable bonds is 3. The summed E-state index contributed by atoms with van der Waals surface area (Å²) in [4.78, 5) is 0. The van der Waals surface area contributed by atoms with E-state index in [-0.39, 0.29) is 5.54 Å². The van der Waals surface area contributed by atoms with Gasteiger partial charge in [-0.05, 0) is 45.1 Å². The van der Waals surface area contributed by atoms with Crippen LogP contribution in [0.4, 0.5) is 0 Å². The first-order valence-electron chi connectivity index (χ1n) is 5.30. The van der Waals surface area contributed by atoms with Crippen molar-refractivity contribution in [3.63, 3.8) is 0 Å². The van der Waals surface area contributed by atoms with Crippen molar-refractivity contribution in [2.75, 3.05) is 0 Å². The molecule has 1 saturated carbocycles. The maximum absolute atomic E-state index is 6.05. The molecule has 2 rings (SSSR count). The molecule has 0 atom stereocenters. The van der Waals surface area contributed by atoms with Crippen molar-refractivity contribution in [1.82, 2.24) is 9.78 Å². The molecular formula is C11H19N3. The number of nitrogens with zero attached hydrogens (tertiary/aromatic N) is 2. The highest BCUT2D eigenvalue weighted by Gasteiger charge is 2.37. The predicted molar refractivity (Wildman–Crippen MR) is 57.2 cm³/mol. The summed E-state index contributed by atoms with van der Waals surface area (Å²) in [5, 5.41) is 4.50. The molecule has 0 unspecified atom stereocenters. The number of hydrogen-bond acceptors (Lipinski definition) is 2. The van der Waals surface area contributed by atoms with Gasteiger partial charge >= 0.3 is 0 Å². The van der Waals surface area contributed by atoms with E-state index in [0.29, 0.717) is 0 Å². The molecule has 78 valence electrons. The van der Waals surface area contributed by atoms with Crippen LogP contribution in [-0.4, -0.2) is 15.3 Å². The lowest BCUT2D eigenvalue weighted by molar-refractivity contribution is 0.595. The van der Waals surface area contributed by atoms with Gasteiger partial charge in [-0.3, -0.25) is 4.68 Å². The molecule has 0 amide bonds. The van der Waals surface area contributed by atoms with Gasteiger partial charge in [0, 0.05) is 18.3 Å². The van der Waals surface area contributed by atoms with Crippen LogP contribution in [0.15, 0.2) is 0 Å². The van der Waals surface area contributed by atoms with Crippen LogP contribution in [0.2, 0.25) is 0 Å². The molecule has 1 aromatic heterocycles.